The van der Waals surface area contributed by atoms with Crippen LogP contribution in [0.4, 0.5) is 5.95 Å². The summed E-state index contributed by atoms with van der Waals surface area (Å²) < 4.78 is 0. The number of rotatable bonds is 5. The lowest BCUT2D eigenvalue weighted by molar-refractivity contribution is 0.0746. The maximum absolute atomic E-state index is 12.9. The number of hydrogen-bond donors (Lipinski definition) is 1. The highest BCUT2D eigenvalue weighted by Gasteiger charge is 2.23. The van der Waals surface area contributed by atoms with Crippen molar-refractivity contribution < 1.29 is 4.79 Å². The Bertz CT molecular complexity index is 1140. The Balaban J connectivity index is 1.16. The Morgan fingerprint density at radius 2 is 1.68 bits per heavy atom. The van der Waals surface area contributed by atoms with Crippen LogP contribution in [0.1, 0.15) is 15.9 Å². The molecule has 156 valence electrons. The molecule has 0 atom stereocenters. The molecule has 1 aliphatic heterocycles. The van der Waals surface area contributed by atoms with Gasteiger partial charge in [-0.3, -0.25) is 4.79 Å². The normalized spacial score (nSPS) is 14.2. The van der Waals surface area contributed by atoms with Crippen LogP contribution in [0.2, 0.25) is 0 Å². The third-order valence-corrected chi connectivity index (χ3v) is 6.29. The number of amides is 1. The van der Waals surface area contributed by atoms with Gasteiger partial charge in [0.1, 0.15) is 0 Å². The molecule has 0 bridgehead atoms. The summed E-state index contributed by atoms with van der Waals surface area (Å²) in [6.07, 6.45) is 3.49. The Morgan fingerprint density at radius 3 is 2.42 bits per heavy atom. The van der Waals surface area contributed by atoms with Gasteiger partial charge < -0.3 is 14.8 Å². The second kappa shape index (κ2) is 8.77. The number of nitrogens with one attached hydrogen (secondary N) is 1. The second-order valence-electron chi connectivity index (χ2n) is 7.37. The minimum absolute atomic E-state index is 0.0742. The number of hydrogen-bond acceptors (Lipinski definition) is 6. The van der Waals surface area contributed by atoms with Crippen LogP contribution in [-0.4, -0.2) is 56.9 Å². The largest absolute Gasteiger partial charge is 0.337 e. The first-order chi connectivity index (χ1) is 15.3. The van der Waals surface area contributed by atoms with Gasteiger partial charge in [-0.05, 0) is 35.9 Å². The van der Waals surface area contributed by atoms with E-state index in [1.54, 1.807) is 24.2 Å². The summed E-state index contributed by atoms with van der Waals surface area (Å²) >= 11 is 1.66. The number of piperazine rings is 1. The maximum atomic E-state index is 12.9. The molecule has 0 saturated carbocycles. The van der Waals surface area contributed by atoms with Crippen molar-refractivity contribution in [3.05, 3.63) is 78.1 Å². The van der Waals surface area contributed by atoms with E-state index in [1.807, 2.05) is 59.5 Å². The molecule has 0 spiro atoms. The average Bonchev–Trinajstić information content (AvgIpc) is 3.26. The number of benzene rings is 2. The van der Waals surface area contributed by atoms with Crippen LogP contribution in [0.5, 0.6) is 0 Å². The van der Waals surface area contributed by atoms with Gasteiger partial charge in [-0.25, -0.2) is 15.0 Å². The van der Waals surface area contributed by atoms with Crippen LogP contribution in [0, 0.1) is 0 Å². The van der Waals surface area contributed by atoms with E-state index in [4.69, 9.17) is 0 Å². The van der Waals surface area contributed by atoms with Crippen LogP contribution < -0.4 is 4.90 Å². The van der Waals surface area contributed by atoms with E-state index in [0.717, 1.165) is 52.1 Å². The molecule has 1 aliphatic rings. The van der Waals surface area contributed by atoms with Gasteiger partial charge in [0.15, 0.2) is 5.16 Å². The van der Waals surface area contributed by atoms with Crippen molar-refractivity contribution in [2.24, 2.45) is 0 Å². The first kappa shape index (κ1) is 19.6. The SMILES string of the molecule is O=C(c1ccc(CSc2nc3ccccc3[nH]2)cc1)N1CCN(c2ncccn2)CC1. The summed E-state index contributed by atoms with van der Waals surface area (Å²) in [5, 5.41) is 0.904. The summed E-state index contributed by atoms with van der Waals surface area (Å²) in [5.74, 6) is 1.59. The highest BCUT2D eigenvalue weighted by atomic mass is 32.2. The Hall–Kier alpha value is -3.39. The Labute approximate surface area is 184 Å². The number of aromatic amines is 1. The van der Waals surface area contributed by atoms with E-state index in [1.165, 1.54) is 0 Å². The lowest BCUT2D eigenvalue weighted by atomic mass is 10.1. The topological polar surface area (TPSA) is 78.0 Å². The highest BCUT2D eigenvalue weighted by molar-refractivity contribution is 7.98. The van der Waals surface area contributed by atoms with Crippen molar-refractivity contribution in [3.8, 4) is 0 Å². The van der Waals surface area contributed by atoms with Gasteiger partial charge in [0.2, 0.25) is 5.95 Å². The molecule has 1 saturated heterocycles. The van der Waals surface area contributed by atoms with E-state index in [-0.39, 0.29) is 5.91 Å². The summed E-state index contributed by atoms with van der Waals surface area (Å²) in [6, 6.07) is 17.7. The smallest absolute Gasteiger partial charge is 0.253 e. The van der Waals surface area contributed by atoms with E-state index in [9.17, 15) is 4.79 Å². The monoisotopic (exact) mass is 430 g/mol. The molecule has 0 unspecified atom stereocenters. The van der Waals surface area contributed by atoms with Crippen molar-refractivity contribution >= 4 is 34.7 Å². The minimum atomic E-state index is 0.0742. The third kappa shape index (κ3) is 4.39. The molecule has 4 aromatic rings. The van der Waals surface area contributed by atoms with Crippen LogP contribution in [0.25, 0.3) is 11.0 Å². The third-order valence-electron chi connectivity index (χ3n) is 5.35. The van der Waals surface area contributed by atoms with E-state index in [0.29, 0.717) is 13.1 Å². The van der Waals surface area contributed by atoms with Crippen molar-refractivity contribution in [1.29, 1.82) is 0 Å². The van der Waals surface area contributed by atoms with Crippen molar-refractivity contribution in [3.63, 3.8) is 0 Å². The van der Waals surface area contributed by atoms with Gasteiger partial charge in [-0.2, -0.15) is 0 Å². The van der Waals surface area contributed by atoms with Gasteiger partial charge in [0, 0.05) is 49.9 Å². The molecule has 1 fully saturated rings. The molecule has 7 nitrogen and oxygen atoms in total. The number of carbonyl (C=O) groups is 1. The number of thioether (sulfide) groups is 1. The van der Waals surface area contributed by atoms with Gasteiger partial charge in [-0.1, -0.05) is 36.0 Å². The number of anilines is 1. The number of imidazole rings is 1. The number of aromatic nitrogens is 4. The quantitative estimate of drug-likeness (QED) is 0.488. The maximum Gasteiger partial charge on any atom is 0.253 e. The fourth-order valence-corrected chi connectivity index (χ4v) is 4.48. The zero-order valence-corrected chi connectivity index (χ0v) is 17.8. The highest BCUT2D eigenvalue weighted by Crippen LogP contribution is 2.23. The molecule has 2 aromatic carbocycles. The predicted octanol–water partition coefficient (Wildman–Crippen LogP) is 3.61. The summed E-state index contributed by atoms with van der Waals surface area (Å²) in [7, 11) is 0. The molecular formula is C23H22N6OS. The summed E-state index contributed by atoms with van der Waals surface area (Å²) in [5.41, 5.74) is 3.91. The number of carbonyl (C=O) groups excluding carboxylic acids is 1. The fraction of sp³-hybridized carbons (Fsp3) is 0.217. The zero-order chi connectivity index (χ0) is 21.0. The molecule has 5 rings (SSSR count). The molecule has 8 heteroatoms. The summed E-state index contributed by atoms with van der Waals surface area (Å²) in [4.78, 5) is 33.4. The van der Waals surface area contributed by atoms with Crippen LogP contribution in [0.3, 0.4) is 0 Å². The number of H-pyrrole nitrogens is 1. The molecular weight excluding hydrogens is 408 g/mol. The lowest BCUT2D eigenvalue weighted by Crippen LogP contribution is -2.49. The summed E-state index contributed by atoms with van der Waals surface area (Å²) in [6.45, 7) is 2.81. The first-order valence-corrected chi connectivity index (χ1v) is 11.2. The molecule has 2 aromatic heterocycles. The molecule has 31 heavy (non-hydrogen) atoms. The van der Waals surface area contributed by atoms with E-state index < -0.39 is 0 Å². The minimum Gasteiger partial charge on any atom is -0.337 e. The van der Waals surface area contributed by atoms with Crippen LogP contribution in [0.15, 0.2) is 72.1 Å². The van der Waals surface area contributed by atoms with E-state index >= 15 is 0 Å². The molecule has 1 N–H and O–H groups in total. The fourth-order valence-electron chi connectivity index (χ4n) is 3.64. The first-order valence-electron chi connectivity index (χ1n) is 10.2. The van der Waals surface area contributed by atoms with Gasteiger partial charge in [0.25, 0.3) is 5.91 Å². The molecule has 3 heterocycles. The van der Waals surface area contributed by atoms with Crippen molar-refractivity contribution in [2.75, 3.05) is 31.1 Å². The zero-order valence-electron chi connectivity index (χ0n) is 16.9. The number of nitrogens with zero attached hydrogens (tertiary/aromatic N) is 5. The van der Waals surface area contributed by atoms with Crippen LogP contribution >= 0.6 is 11.8 Å². The Morgan fingerprint density at radius 1 is 0.935 bits per heavy atom. The lowest BCUT2D eigenvalue weighted by Gasteiger charge is -2.34. The predicted molar refractivity (Wildman–Crippen MR) is 122 cm³/mol. The van der Waals surface area contributed by atoms with Crippen LogP contribution in [-0.2, 0) is 5.75 Å². The second-order valence-corrected chi connectivity index (χ2v) is 8.34. The van der Waals surface area contributed by atoms with Crippen molar-refractivity contribution in [1.82, 2.24) is 24.8 Å². The van der Waals surface area contributed by atoms with Gasteiger partial charge in [-0.15, -0.1) is 0 Å². The molecule has 1 amide bonds. The van der Waals surface area contributed by atoms with Gasteiger partial charge >= 0.3 is 0 Å². The Kier molecular flexibility index (Phi) is 5.54. The van der Waals surface area contributed by atoms with Crippen molar-refractivity contribution in [2.45, 2.75) is 10.9 Å². The number of para-hydroxylation sites is 2. The standard InChI is InChI=1S/C23H22N6OS/c30-21(28-12-14-29(15-13-28)22-24-10-3-11-25-22)18-8-6-17(7-9-18)16-31-23-26-19-4-1-2-5-20(19)27-23/h1-11H,12-16H2,(H,26,27). The average molecular weight is 431 g/mol. The van der Waals surface area contributed by atoms with E-state index in [2.05, 4.69) is 24.8 Å². The number of fused-ring (bicyclic) bond motifs is 1. The molecule has 0 radical (unpaired) electrons. The van der Waals surface area contributed by atoms with Gasteiger partial charge in [0.05, 0.1) is 11.0 Å². The molecule has 0 aliphatic carbocycles.